The fourth-order valence-corrected chi connectivity index (χ4v) is 4.07. The number of likely N-dealkylation sites (tertiary alicyclic amines) is 1. The van der Waals surface area contributed by atoms with Crippen molar-refractivity contribution in [1.82, 2.24) is 4.90 Å². The molecule has 7 heteroatoms. The van der Waals surface area contributed by atoms with Gasteiger partial charge in [-0.1, -0.05) is 6.92 Å². The standard InChI is InChI=1S/C11H11Br2NO3S/c1-5-3-14(4-6(5)11(16)17)10(15)8-2-7(12)9(13)18-8/h2,5-6H,3-4H2,1H3,(H,16,17)/t5-,6-/m1/s1. The van der Waals surface area contributed by atoms with Crippen molar-refractivity contribution in [3.05, 3.63) is 19.2 Å². The summed E-state index contributed by atoms with van der Waals surface area (Å²) in [6, 6.07) is 1.76. The fraction of sp³-hybridized carbons (Fsp3) is 0.455. The maximum atomic E-state index is 12.2. The van der Waals surface area contributed by atoms with Crippen molar-refractivity contribution in [3.8, 4) is 0 Å². The highest BCUT2D eigenvalue weighted by Crippen LogP contribution is 2.34. The van der Waals surface area contributed by atoms with Gasteiger partial charge in [-0.15, -0.1) is 11.3 Å². The summed E-state index contributed by atoms with van der Waals surface area (Å²) < 4.78 is 1.71. The highest BCUT2D eigenvalue weighted by Gasteiger charge is 2.37. The molecule has 2 rings (SSSR count). The predicted octanol–water partition coefficient (Wildman–Crippen LogP) is 3.07. The van der Waals surface area contributed by atoms with Gasteiger partial charge in [-0.2, -0.15) is 0 Å². The highest BCUT2D eigenvalue weighted by atomic mass is 79.9. The molecule has 1 aromatic rings. The van der Waals surface area contributed by atoms with Crippen LogP contribution in [0.2, 0.25) is 0 Å². The van der Waals surface area contributed by atoms with Crippen molar-refractivity contribution in [3.63, 3.8) is 0 Å². The largest absolute Gasteiger partial charge is 0.481 e. The van der Waals surface area contributed by atoms with Crippen molar-refractivity contribution >= 4 is 55.1 Å². The molecule has 1 saturated heterocycles. The molecule has 1 aromatic heterocycles. The lowest BCUT2D eigenvalue weighted by atomic mass is 9.99. The molecule has 2 heterocycles. The molecule has 0 aromatic carbocycles. The number of rotatable bonds is 2. The lowest BCUT2D eigenvalue weighted by molar-refractivity contribution is -0.142. The van der Waals surface area contributed by atoms with Crippen LogP contribution >= 0.6 is 43.2 Å². The Morgan fingerprint density at radius 2 is 2.11 bits per heavy atom. The molecule has 1 aliphatic heterocycles. The summed E-state index contributed by atoms with van der Waals surface area (Å²) in [6.07, 6.45) is 0. The van der Waals surface area contributed by atoms with Crippen LogP contribution in [-0.4, -0.2) is 35.0 Å². The minimum absolute atomic E-state index is 0.00158. The molecular formula is C11H11Br2NO3S. The molecule has 18 heavy (non-hydrogen) atoms. The van der Waals surface area contributed by atoms with E-state index in [-0.39, 0.29) is 11.8 Å². The lowest BCUT2D eigenvalue weighted by Crippen LogP contribution is -2.29. The molecule has 0 radical (unpaired) electrons. The van der Waals surface area contributed by atoms with Gasteiger partial charge in [-0.3, -0.25) is 9.59 Å². The monoisotopic (exact) mass is 395 g/mol. The SMILES string of the molecule is C[C@@H]1CN(C(=O)c2cc(Br)c(Br)s2)C[C@H]1C(=O)O. The maximum Gasteiger partial charge on any atom is 0.308 e. The van der Waals surface area contributed by atoms with Gasteiger partial charge in [0.25, 0.3) is 5.91 Å². The number of carbonyl (C=O) groups excluding carboxylic acids is 1. The van der Waals surface area contributed by atoms with Crippen LogP contribution in [-0.2, 0) is 4.79 Å². The zero-order valence-electron chi connectivity index (χ0n) is 9.52. The van der Waals surface area contributed by atoms with Gasteiger partial charge in [0.15, 0.2) is 0 Å². The summed E-state index contributed by atoms with van der Waals surface area (Å²) in [5.41, 5.74) is 0. The van der Waals surface area contributed by atoms with Crippen LogP contribution in [0.3, 0.4) is 0 Å². The Bertz CT molecular complexity index is 483. The van der Waals surface area contributed by atoms with Crippen LogP contribution < -0.4 is 0 Å². The van der Waals surface area contributed by atoms with Gasteiger partial charge in [0, 0.05) is 17.6 Å². The number of aliphatic carboxylic acids is 1. The first-order valence-corrected chi connectivity index (χ1v) is 7.77. The number of carboxylic acids is 1. The summed E-state index contributed by atoms with van der Waals surface area (Å²) in [6.45, 7) is 2.66. The summed E-state index contributed by atoms with van der Waals surface area (Å²) >= 11 is 8.04. The third kappa shape index (κ3) is 2.62. The van der Waals surface area contributed by atoms with Crippen molar-refractivity contribution in [2.45, 2.75) is 6.92 Å². The van der Waals surface area contributed by atoms with Gasteiger partial charge in [0.05, 0.1) is 14.6 Å². The summed E-state index contributed by atoms with van der Waals surface area (Å²) in [7, 11) is 0. The van der Waals surface area contributed by atoms with Gasteiger partial charge < -0.3 is 10.0 Å². The van der Waals surface area contributed by atoms with E-state index in [0.29, 0.717) is 18.0 Å². The van der Waals surface area contributed by atoms with E-state index >= 15 is 0 Å². The second kappa shape index (κ2) is 5.30. The molecule has 0 bridgehead atoms. The molecule has 4 nitrogen and oxygen atoms in total. The number of thiophene rings is 1. The zero-order valence-corrected chi connectivity index (χ0v) is 13.5. The summed E-state index contributed by atoms with van der Waals surface area (Å²) in [5, 5.41) is 9.05. The van der Waals surface area contributed by atoms with E-state index in [9.17, 15) is 9.59 Å². The van der Waals surface area contributed by atoms with E-state index in [2.05, 4.69) is 31.9 Å². The first kappa shape index (κ1) is 14.0. The molecule has 1 amide bonds. The second-order valence-corrected chi connectivity index (χ2v) is 7.59. The number of nitrogens with zero attached hydrogens (tertiary/aromatic N) is 1. The Morgan fingerprint density at radius 3 is 2.56 bits per heavy atom. The van der Waals surface area contributed by atoms with Crippen molar-refractivity contribution in [1.29, 1.82) is 0 Å². The van der Waals surface area contributed by atoms with Gasteiger partial charge in [0.2, 0.25) is 0 Å². The van der Waals surface area contributed by atoms with E-state index in [1.807, 2.05) is 6.92 Å². The number of amides is 1. The molecule has 1 aliphatic rings. The number of halogens is 2. The fourth-order valence-electron chi connectivity index (χ4n) is 2.06. The summed E-state index contributed by atoms with van der Waals surface area (Å²) in [5.74, 6) is -1.38. The smallest absolute Gasteiger partial charge is 0.308 e. The zero-order chi connectivity index (χ0) is 13.4. The Kier molecular flexibility index (Phi) is 4.13. The minimum atomic E-state index is -0.827. The third-order valence-corrected chi connectivity index (χ3v) is 6.32. The number of carboxylic acid groups (broad SMARTS) is 1. The molecule has 1 fully saturated rings. The van der Waals surface area contributed by atoms with Gasteiger partial charge >= 0.3 is 5.97 Å². The second-order valence-electron chi connectivity index (χ2n) is 4.36. The molecule has 1 N–H and O–H groups in total. The first-order valence-electron chi connectivity index (χ1n) is 5.37. The van der Waals surface area contributed by atoms with Crippen LogP contribution in [0.25, 0.3) is 0 Å². The Labute approximate surface area is 125 Å². The highest BCUT2D eigenvalue weighted by molar-refractivity contribution is 9.13. The van der Waals surface area contributed by atoms with Crippen LogP contribution in [0.15, 0.2) is 14.3 Å². The van der Waals surface area contributed by atoms with Crippen LogP contribution in [0, 0.1) is 11.8 Å². The van der Waals surface area contributed by atoms with Crippen molar-refractivity contribution in [2.24, 2.45) is 11.8 Å². The van der Waals surface area contributed by atoms with E-state index in [0.717, 1.165) is 8.26 Å². The quantitative estimate of drug-likeness (QED) is 0.835. The van der Waals surface area contributed by atoms with Crippen LogP contribution in [0.5, 0.6) is 0 Å². The van der Waals surface area contributed by atoms with E-state index in [1.54, 1.807) is 11.0 Å². The minimum Gasteiger partial charge on any atom is -0.481 e. The summed E-state index contributed by atoms with van der Waals surface area (Å²) in [4.78, 5) is 25.5. The third-order valence-electron chi connectivity index (χ3n) is 3.07. The van der Waals surface area contributed by atoms with Gasteiger partial charge in [-0.25, -0.2) is 0 Å². The van der Waals surface area contributed by atoms with E-state index < -0.39 is 11.9 Å². The van der Waals surface area contributed by atoms with Gasteiger partial charge in [-0.05, 0) is 43.8 Å². The molecule has 98 valence electrons. The van der Waals surface area contributed by atoms with Crippen molar-refractivity contribution in [2.75, 3.05) is 13.1 Å². The average Bonchev–Trinajstić information content (AvgIpc) is 2.82. The van der Waals surface area contributed by atoms with Crippen LogP contribution in [0.1, 0.15) is 16.6 Å². The molecule has 0 aliphatic carbocycles. The van der Waals surface area contributed by atoms with Crippen molar-refractivity contribution < 1.29 is 14.7 Å². The van der Waals surface area contributed by atoms with Crippen LogP contribution in [0.4, 0.5) is 0 Å². The number of carbonyl (C=O) groups is 2. The lowest BCUT2D eigenvalue weighted by Gasteiger charge is -2.14. The molecule has 0 unspecified atom stereocenters. The molecule has 0 saturated carbocycles. The molecule has 2 atom stereocenters. The number of hydrogen-bond donors (Lipinski definition) is 1. The molecule has 0 spiro atoms. The van der Waals surface area contributed by atoms with Gasteiger partial charge in [0.1, 0.15) is 0 Å². The van der Waals surface area contributed by atoms with E-state index in [4.69, 9.17) is 5.11 Å². The Hall–Kier alpha value is -0.400. The average molecular weight is 397 g/mol. The Morgan fingerprint density at radius 1 is 1.44 bits per heavy atom. The maximum absolute atomic E-state index is 12.2. The van der Waals surface area contributed by atoms with E-state index in [1.165, 1.54) is 11.3 Å². The Balaban J connectivity index is 2.14. The first-order chi connectivity index (χ1) is 8.40. The predicted molar refractivity (Wildman–Crippen MR) is 75.9 cm³/mol. The number of hydrogen-bond acceptors (Lipinski definition) is 3. The normalized spacial score (nSPS) is 23.4. The molecular weight excluding hydrogens is 386 g/mol. The topological polar surface area (TPSA) is 57.6 Å².